The van der Waals surface area contributed by atoms with Crippen LogP contribution in [0.25, 0.3) is 6.08 Å². The van der Waals surface area contributed by atoms with Crippen LogP contribution in [0.3, 0.4) is 0 Å². The van der Waals surface area contributed by atoms with Gasteiger partial charge in [-0.15, -0.1) is 0 Å². The molecule has 1 aromatic heterocycles. The molecule has 2 N–H and O–H groups in total. The number of nitro benzene ring substituents is 1. The van der Waals surface area contributed by atoms with E-state index < -0.39 is 16.7 Å². The van der Waals surface area contributed by atoms with E-state index in [0.717, 1.165) is 0 Å². The standard InChI is InChI=1S/C21H17N3O6/c1-29-17-10-4-14(5-11-17)13-18(23-21(26)19-3-2-12-30-19)20(25)22-15-6-8-16(9-7-15)24(27)28/h2-13H,1H3,(H,22,25)(H,23,26)/b18-13-. The molecule has 0 aliphatic rings. The summed E-state index contributed by atoms with van der Waals surface area (Å²) in [5, 5.41) is 15.9. The molecule has 0 unspecified atom stereocenters. The van der Waals surface area contributed by atoms with Crippen molar-refractivity contribution in [3.05, 3.63) is 94.1 Å². The number of ether oxygens (including phenoxy) is 1. The minimum Gasteiger partial charge on any atom is -0.497 e. The van der Waals surface area contributed by atoms with Gasteiger partial charge in [-0.2, -0.15) is 0 Å². The monoisotopic (exact) mass is 407 g/mol. The molecule has 3 aromatic rings. The van der Waals surface area contributed by atoms with Crippen molar-refractivity contribution < 1.29 is 23.7 Å². The van der Waals surface area contributed by atoms with Gasteiger partial charge in [0.2, 0.25) is 0 Å². The van der Waals surface area contributed by atoms with Gasteiger partial charge in [-0.05, 0) is 48.0 Å². The number of hydrogen-bond acceptors (Lipinski definition) is 6. The van der Waals surface area contributed by atoms with Crippen LogP contribution in [0.2, 0.25) is 0 Å². The first-order chi connectivity index (χ1) is 14.5. The summed E-state index contributed by atoms with van der Waals surface area (Å²) in [5.41, 5.74) is 0.830. The fourth-order valence-electron chi connectivity index (χ4n) is 2.48. The van der Waals surface area contributed by atoms with E-state index >= 15 is 0 Å². The highest BCUT2D eigenvalue weighted by Gasteiger charge is 2.17. The Morgan fingerprint density at radius 2 is 1.77 bits per heavy atom. The molecule has 30 heavy (non-hydrogen) atoms. The van der Waals surface area contributed by atoms with Crippen molar-refractivity contribution in [2.24, 2.45) is 0 Å². The zero-order valence-corrected chi connectivity index (χ0v) is 15.8. The molecular weight excluding hydrogens is 390 g/mol. The molecular formula is C21H17N3O6. The van der Waals surface area contributed by atoms with Crippen LogP contribution in [-0.4, -0.2) is 23.8 Å². The van der Waals surface area contributed by atoms with Crippen molar-refractivity contribution in [1.29, 1.82) is 0 Å². The Bertz CT molecular complexity index is 1070. The van der Waals surface area contributed by atoms with Crippen molar-refractivity contribution >= 4 is 29.3 Å². The fraction of sp³-hybridized carbons (Fsp3) is 0.0476. The first kappa shape index (κ1) is 20.3. The molecule has 0 radical (unpaired) electrons. The quantitative estimate of drug-likeness (QED) is 0.350. The third-order valence-corrected chi connectivity index (χ3v) is 4.00. The van der Waals surface area contributed by atoms with Gasteiger partial charge in [-0.1, -0.05) is 12.1 Å². The number of carbonyl (C=O) groups excluding carboxylic acids is 2. The smallest absolute Gasteiger partial charge is 0.291 e. The highest BCUT2D eigenvalue weighted by molar-refractivity contribution is 6.10. The van der Waals surface area contributed by atoms with Crippen LogP contribution in [0, 0.1) is 10.1 Å². The summed E-state index contributed by atoms with van der Waals surface area (Å²) in [5.74, 6) is -0.527. The Kier molecular flexibility index (Phi) is 6.23. The average molecular weight is 407 g/mol. The Morgan fingerprint density at radius 3 is 2.33 bits per heavy atom. The van der Waals surface area contributed by atoms with Crippen molar-refractivity contribution in [2.45, 2.75) is 0 Å². The van der Waals surface area contributed by atoms with Crippen LogP contribution in [0.4, 0.5) is 11.4 Å². The average Bonchev–Trinajstić information content (AvgIpc) is 3.29. The maximum Gasteiger partial charge on any atom is 0.291 e. The second-order valence-electron chi connectivity index (χ2n) is 6.02. The molecule has 0 aliphatic carbocycles. The molecule has 0 saturated carbocycles. The highest BCUT2D eigenvalue weighted by Crippen LogP contribution is 2.17. The van der Waals surface area contributed by atoms with Crippen LogP contribution >= 0.6 is 0 Å². The Morgan fingerprint density at radius 1 is 1.07 bits per heavy atom. The minimum absolute atomic E-state index is 0.0405. The number of nitrogens with one attached hydrogen (secondary N) is 2. The second-order valence-corrected chi connectivity index (χ2v) is 6.02. The summed E-state index contributed by atoms with van der Waals surface area (Å²) in [6.07, 6.45) is 2.83. The van der Waals surface area contributed by atoms with E-state index in [9.17, 15) is 19.7 Å². The lowest BCUT2D eigenvalue weighted by molar-refractivity contribution is -0.384. The second kappa shape index (κ2) is 9.20. The normalized spacial score (nSPS) is 10.9. The van der Waals surface area contributed by atoms with Crippen molar-refractivity contribution in [3.63, 3.8) is 0 Å². The number of furan rings is 1. The van der Waals surface area contributed by atoms with Gasteiger partial charge in [0.15, 0.2) is 5.76 Å². The van der Waals surface area contributed by atoms with Gasteiger partial charge in [0.05, 0.1) is 18.3 Å². The summed E-state index contributed by atoms with van der Waals surface area (Å²) in [6.45, 7) is 0. The molecule has 152 valence electrons. The lowest BCUT2D eigenvalue weighted by Gasteiger charge is -2.10. The number of nitro groups is 1. The molecule has 0 fully saturated rings. The molecule has 9 nitrogen and oxygen atoms in total. The molecule has 3 rings (SSSR count). The van der Waals surface area contributed by atoms with Gasteiger partial charge in [-0.25, -0.2) is 0 Å². The molecule has 9 heteroatoms. The van der Waals surface area contributed by atoms with E-state index in [1.807, 2.05) is 0 Å². The van der Waals surface area contributed by atoms with Gasteiger partial charge in [0.1, 0.15) is 11.4 Å². The first-order valence-corrected chi connectivity index (χ1v) is 8.72. The molecule has 0 saturated heterocycles. The van der Waals surface area contributed by atoms with Crippen LogP contribution in [0.1, 0.15) is 16.1 Å². The van der Waals surface area contributed by atoms with Crippen LogP contribution in [-0.2, 0) is 4.79 Å². The number of carbonyl (C=O) groups is 2. The Labute approximate surface area is 171 Å². The third kappa shape index (κ3) is 5.10. The maximum atomic E-state index is 12.8. The lowest BCUT2D eigenvalue weighted by atomic mass is 10.1. The van der Waals surface area contributed by atoms with E-state index in [1.54, 1.807) is 30.3 Å². The summed E-state index contributed by atoms with van der Waals surface area (Å²) >= 11 is 0. The third-order valence-electron chi connectivity index (χ3n) is 4.00. The zero-order chi connectivity index (χ0) is 21.5. The fourth-order valence-corrected chi connectivity index (χ4v) is 2.48. The topological polar surface area (TPSA) is 124 Å². The summed E-state index contributed by atoms with van der Waals surface area (Å²) < 4.78 is 10.2. The zero-order valence-electron chi connectivity index (χ0n) is 15.8. The number of methoxy groups -OCH3 is 1. The number of rotatable bonds is 7. The van der Waals surface area contributed by atoms with Gasteiger partial charge in [0, 0.05) is 17.8 Å². The first-order valence-electron chi connectivity index (χ1n) is 8.72. The van der Waals surface area contributed by atoms with E-state index in [2.05, 4.69) is 10.6 Å². The molecule has 0 atom stereocenters. The molecule has 2 aromatic carbocycles. The van der Waals surface area contributed by atoms with Gasteiger partial charge < -0.3 is 19.8 Å². The Hall–Kier alpha value is -4.40. The molecule has 1 heterocycles. The number of hydrogen-bond donors (Lipinski definition) is 2. The summed E-state index contributed by atoms with van der Waals surface area (Å²) in [6, 6.07) is 15.2. The minimum atomic E-state index is -0.612. The highest BCUT2D eigenvalue weighted by atomic mass is 16.6. The molecule has 0 bridgehead atoms. The largest absolute Gasteiger partial charge is 0.497 e. The summed E-state index contributed by atoms with van der Waals surface area (Å²) in [4.78, 5) is 35.4. The van der Waals surface area contributed by atoms with Gasteiger partial charge in [-0.3, -0.25) is 19.7 Å². The molecule has 0 aliphatic heterocycles. The molecule has 2 amide bonds. The van der Waals surface area contributed by atoms with Crippen molar-refractivity contribution in [2.75, 3.05) is 12.4 Å². The van der Waals surface area contributed by atoms with Crippen molar-refractivity contribution in [3.8, 4) is 5.75 Å². The van der Waals surface area contributed by atoms with Gasteiger partial charge in [0.25, 0.3) is 17.5 Å². The lowest BCUT2D eigenvalue weighted by Crippen LogP contribution is -2.30. The van der Waals surface area contributed by atoms with Crippen LogP contribution in [0.15, 0.2) is 77.0 Å². The number of benzene rings is 2. The van der Waals surface area contributed by atoms with Crippen LogP contribution in [0.5, 0.6) is 5.75 Å². The van der Waals surface area contributed by atoms with Crippen molar-refractivity contribution in [1.82, 2.24) is 5.32 Å². The number of non-ortho nitro benzene ring substituents is 1. The van der Waals surface area contributed by atoms with E-state index in [4.69, 9.17) is 9.15 Å². The number of anilines is 1. The van der Waals surface area contributed by atoms with E-state index in [1.165, 1.54) is 49.8 Å². The summed E-state index contributed by atoms with van der Waals surface area (Å²) in [7, 11) is 1.54. The molecule has 0 spiro atoms. The predicted octanol–water partition coefficient (Wildman–Crippen LogP) is 3.61. The van der Waals surface area contributed by atoms with E-state index in [0.29, 0.717) is 17.0 Å². The Balaban J connectivity index is 1.84. The maximum absolute atomic E-state index is 12.8. The number of amides is 2. The SMILES string of the molecule is COc1ccc(/C=C(\NC(=O)c2ccco2)C(=O)Nc2ccc([N+](=O)[O-])cc2)cc1. The van der Waals surface area contributed by atoms with Crippen LogP contribution < -0.4 is 15.4 Å². The number of nitrogens with zero attached hydrogens (tertiary/aromatic N) is 1. The van der Waals surface area contributed by atoms with Gasteiger partial charge >= 0.3 is 0 Å². The van der Waals surface area contributed by atoms with E-state index in [-0.39, 0.29) is 17.1 Å². The predicted molar refractivity (Wildman–Crippen MR) is 109 cm³/mol.